The maximum absolute atomic E-state index is 14.2. The van der Waals surface area contributed by atoms with Crippen molar-refractivity contribution in [3.05, 3.63) is 77.1 Å². The minimum absolute atomic E-state index is 0. The molecule has 1 radical (unpaired) electrons. The molecular weight excluding hydrogens is 678 g/mol. The fourth-order valence-electron chi connectivity index (χ4n) is 4.75. The van der Waals surface area contributed by atoms with E-state index in [0.717, 1.165) is 59.0 Å². The summed E-state index contributed by atoms with van der Waals surface area (Å²) in [7, 11) is 0. The number of aromatic nitrogens is 1. The number of alkyl halides is 1. The Hall–Kier alpha value is -2.36. The summed E-state index contributed by atoms with van der Waals surface area (Å²) in [4.78, 5) is 16.8. The molecule has 1 heterocycles. The van der Waals surface area contributed by atoms with Gasteiger partial charge in [0.05, 0.1) is 11.3 Å². The average molecular weight is 725 g/mol. The van der Waals surface area contributed by atoms with Gasteiger partial charge in [0.2, 0.25) is 0 Å². The maximum Gasteiger partial charge on any atom is 0.164 e. The minimum Gasteiger partial charge on any atom is -0.512 e. The van der Waals surface area contributed by atoms with Gasteiger partial charge in [-0.15, -0.1) is 34.9 Å². The van der Waals surface area contributed by atoms with Crippen LogP contribution in [0.3, 0.4) is 0 Å². The molecule has 2 aromatic carbocycles. The number of hydrogen-bond acceptors (Lipinski definition) is 3. The summed E-state index contributed by atoms with van der Waals surface area (Å²) < 4.78 is 14.2. The van der Waals surface area contributed by atoms with Crippen molar-refractivity contribution in [3.63, 3.8) is 0 Å². The summed E-state index contributed by atoms with van der Waals surface area (Å²) >= 11 is 0. The number of benzene rings is 2. The van der Waals surface area contributed by atoms with Crippen LogP contribution in [-0.4, -0.2) is 21.5 Å². The van der Waals surface area contributed by atoms with Gasteiger partial charge in [-0.05, 0) is 56.9 Å². The number of carbonyl (C=O) groups is 1. The first kappa shape index (κ1) is 35.7. The van der Waals surface area contributed by atoms with E-state index < -0.39 is 5.67 Å². The molecule has 0 saturated carbocycles. The Morgan fingerprint density at radius 1 is 1.02 bits per heavy atom. The summed E-state index contributed by atoms with van der Waals surface area (Å²) in [6.07, 6.45) is 5.20. The Morgan fingerprint density at radius 3 is 2.15 bits per heavy atom. The molecule has 0 spiro atoms. The van der Waals surface area contributed by atoms with Gasteiger partial charge < -0.3 is 5.11 Å². The number of pyridine rings is 1. The third-order valence-electron chi connectivity index (χ3n) is 7.68. The monoisotopic (exact) mass is 725 g/mol. The van der Waals surface area contributed by atoms with Gasteiger partial charge in [0.25, 0.3) is 0 Å². The van der Waals surface area contributed by atoms with Crippen molar-refractivity contribution < 1.29 is 34.4 Å². The molecule has 3 nitrogen and oxygen atoms in total. The van der Waals surface area contributed by atoms with Crippen LogP contribution in [0, 0.1) is 31.2 Å². The average Bonchev–Trinajstić information content (AvgIpc) is 2.87. The van der Waals surface area contributed by atoms with Crippen molar-refractivity contribution in [2.75, 3.05) is 0 Å². The first-order valence-corrected chi connectivity index (χ1v) is 14.3. The van der Waals surface area contributed by atoms with Gasteiger partial charge in [0, 0.05) is 49.3 Å². The van der Waals surface area contributed by atoms with E-state index in [4.69, 9.17) is 4.98 Å². The van der Waals surface area contributed by atoms with Crippen LogP contribution < -0.4 is 0 Å². The second-order valence-corrected chi connectivity index (χ2v) is 11.5. The molecule has 0 aliphatic heterocycles. The quantitative estimate of drug-likeness (QED) is 0.129. The van der Waals surface area contributed by atoms with Gasteiger partial charge in [-0.2, -0.15) is 0 Å². The van der Waals surface area contributed by atoms with Gasteiger partial charge in [-0.25, -0.2) is 4.39 Å². The summed E-state index contributed by atoms with van der Waals surface area (Å²) in [5.74, 6) is 0.437. The number of carbonyl (C=O) groups excluding carboxylic acids is 1. The number of nitrogens with zero attached hydrogens (tertiary/aromatic N) is 1. The topological polar surface area (TPSA) is 50.2 Å². The van der Waals surface area contributed by atoms with Gasteiger partial charge in [-0.3, -0.25) is 9.78 Å². The van der Waals surface area contributed by atoms with E-state index in [-0.39, 0.29) is 43.0 Å². The van der Waals surface area contributed by atoms with Gasteiger partial charge in [0.1, 0.15) is 5.67 Å². The fraction of sp³-hybridized carbons (Fsp3) is 0.486. The van der Waals surface area contributed by atoms with E-state index in [0.29, 0.717) is 6.42 Å². The van der Waals surface area contributed by atoms with Crippen LogP contribution in [0.4, 0.5) is 4.39 Å². The summed E-state index contributed by atoms with van der Waals surface area (Å²) in [6, 6.07) is 17.5. The molecule has 3 rings (SSSR count). The second kappa shape index (κ2) is 15.6. The normalized spacial score (nSPS) is 12.1. The largest absolute Gasteiger partial charge is 0.512 e. The number of para-hydroxylation sites is 1. The van der Waals surface area contributed by atoms with Crippen molar-refractivity contribution in [1.82, 2.24) is 4.98 Å². The van der Waals surface area contributed by atoms with E-state index >= 15 is 0 Å². The molecule has 221 valence electrons. The summed E-state index contributed by atoms with van der Waals surface area (Å²) in [6.45, 7) is 17.4. The molecule has 40 heavy (non-hydrogen) atoms. The molecule has 0 aliphatic rings. The maximum atomic E-state index is 14.2. The zero-order chi connectivity index (χ0) is 29.4. The number of ketones is 1. The van der Waals surface area contributed by atoms with Crippen molar-refractivity contribution in [2.24, 2.45) is 11.3 Å². The minimum atomic E-state index is -1.26. The summed E-state index contributed by atoms with van der Waals surface area (Å²) in [5, 5.41) is 10.9. The Kier molecular flexibility index (Phi) is 13.9. The first-order chi connectivity index (χ1) is 18.3. The van der Waals surface area contributed by atoms with Crippen LogP contribution in [0.1, 0.15) is 90.8 Å². The molecule has 1 N–H and O–H groups in total. The molecule has 3 aromatic rings. The number of rotatable bonds is 10. The van der Waals surface area contributed by atoms with Crippen LogP contribution in [0.5, 0.6) is 0 Å². The van der Waals surface area contributed by atoms with Crippen molar-refractivity contribution in [2.45, 2.75) is 100 Å². The predicted octanol–water partition coefficient (Wildman–Crippen LogP) is 9.87. The smallest absolute Gasteiger partial charge is 0.164 e. The number of aliphatic hydroxyl groups is 1. The number of aliphatic hydroxyl groups excluding tert-OH is 1. The number of allylic oxidation sites excluding steroid dienone is 2. The SMILES string of the molecule is CCC(CC)/C(O)=C/C(=O)C(C)(CC)CC.Cc1[c-]c(-c2cc(CC(C)(C)F)c3ccccc3n2)cc(C)c1.[Ir]. The third kappa shape index (κ3) is 9.93. The molecule has 0 aliphatic carbocycles. The van der Waals surface area contributed by atoms with Gasteiger partial charge in [-0.1, -0.05) is 72.7 Å². The molecule has 0 atom stereocenters. The van der Waals surface area contributed by atoms with Crippen LogP contribution >= 0.6 is 0 Å². The van der Waals surface area contributed by atoms with Crippen molar-refractivity contribution in [1.29, 1.82) is 0 Å². The molecule has 0 unspecified atom stereocenters. The molecule has 0 fully saturated rings. The van der Waals surface area contributed by atoms with Crippen LogP contribution in [-0.2, 0) is 31.3 Å². The zero-order valence-corrected chi connectivity index (χ0v) is 28.1. The Morgan fingerprint density at radius 2 is 1.62 bits per heavy atom. The number of halogens is 1. The zero-order valence-electron chi connectivity index (χ0n) is 25.7. The molecule has 5 heteroatoms. The van der Waals surface area contributed by atoms with Gasteiger partial charge in [0.15, 0.2) is 5.78 Å². The molecule has 0 bridgehead atoms. The van der Waals surface area contributed by atoms with E-state index in [9.17, 15) is 14.3 Å². The molecular formula is C35H47FIrNO2-. The summed E-state index contributed by atoms with van der Waals surface area (Å²) in [5.41, 5.74) is 4.40. The Balaban J connectivity index is 0.000000419. The van der Waals surface area contributed by atoms with Crippen molar-refractivity contribution >= 4 is 16.7 Å². The van der Waals surface area contributed by atoms with E-state index in [1.165, 1.54) is 11.6 Å². The number of hydrogen-bond donors (Lipinski definition) is 1. The van der Waals surface area contributed by atoms with Crippen LogP contribution in [0.15, 0.2) is 54.3 Å². The van der Waals surface area contributed by atoms with Crippen LogP contribution in [0.25, 0.3) is 22.2 Å². The van der Waals surface area contributed by atoms with Crippen LogP contribution in [0.2, 0.25) is 0 Å². The van der Waals surface area contributed by atoms with Gasteiger partial charge >= 0.3 is 0 Å². The predicted molar refractivity (Wildman–Crippen MR) is 163 cm³/mol. The number of fused-ring (bicyclic) bond motifs is 1. The van der Waals surface area contributed by atoms with E-state index in [1.807, 2.05) is 71.9 Å². The Labute approximate surface area is 255 Å². The third-order valence-corrected chi connectivity index (χ3v) is 7.68. The Bertz CT molecular complexity index is 1260. The second-order valence-electron chi connectivity index (χ2n) is 11.5. The molecule has 0 saturated heterocycles. The molecule has 1 aromatic heterocycles. The first-order valence-electron chi connectivity index (χ1n) is 14.3. The van der Waals surface area contributed by atoms with E-state index in [2.05, 4.69) is 25.1 Å². The number of aryl methyl sites for hydroxylation is 2. The van der Waals surface area contributed by atoms with Crippen molar-refractivity contribution in [3.8, 4) is 11.3 Å². The molecule has 0 amide bonds. The fourth-order valence-corrected chi connectivity index (χ4v) is 4.75. The standard InChI is InChI=1S/C21H21FN.C14H26O2.Ir/c1-14-9-15(2)11-16(10-14)20-12-17(13-21(3,4)22)18-7-5-6-8-19(18)23-20;1-6-11(7-2)12(15)10-13(16)14(5,8-3)9-4;/h5-10,12H,13H2,1-4H3;10-11,15H,6-9H2,1-5H3;/q-1;;/b;12-10-;. The van der Waals surface area contributed by atoms with E-state index in [1.54, 1.807) is 13.8 Å².